The Morgan fingerprint density at radius 1 is 1.09 bits per heavy atom. The lowest BCUT2D eigenvalue weighted by atomic mass is 9.94. The lowest BCUT2D eigenvalue weighted by Gasteiger charge is -2.25. The summed E-state index contributed by atoms with van der Waals surface area (Å²) in [5.41, 5.74) is 3.59. The van der Waals surface area contributed by atoms with Crippen LogP contribution in [0.2, 0.25) is 0 Å². The highest BCUT2D eigenvalue weighted by Gasteiger charge is 2.16. The summed E-state index contributed by atoms with van der Waals surface area (Å²) in [6.07, 6.45) is 1.70. The van der Waals surface area contributed by atoms with Gasteiger partial charge in [0.05, 0.1) is 0 Å². The zero-order valence-corrected chi connectivity index (χ0v) is 13.8. The highest BCUT2D eigenvalue weighted by molar-refractivity contribution is 5.67. The predicted molar refractivity (Wildman–Crippen MR) is 93.4 cm³/mol. The molecule has 23 heavy (non-hydrogen) atoms. The Morgan fingerprint density at radius 2 is 1.74 bits per heavy atom. The van der Waals surface area contributed by atoms with Crippen LogP contribution in [-0.2, 0) is 11.2 Å². The molecule has 0 aliphatic rings. The smallest absolute Gasteiger partial charge is 0.303 e. The highest BCUT2D eigenvalue weighted by atomic mass is 16.4. The molecule has 0 saturated heterocycles. The van der Waals surface area contributed by atoms with Crippen molar-refractivity contribution in [2.24, 2.45) is 0 Å². The second-order valence-corrected chi connectivity index (χ2v) is 5.85. The summed E-state index contributed by atoms with van der Waals surface area (Å²) in [5, 5.41) is 12.6. The van der Waals surface area contributed by atoms with Crippen molar-refractivity contribution in [3.8, 4) is 0 Å². The molecule has 0 spiro atoms. The SMILES string of the molecule is CCC(NC(C)c1ccccc1)c1ccccc1CCC(=O)O. The third-order valence-electron chi connectivity index (χ3n) is 4.20. The predicted octanol–water partition coefficient (Wildman–Crippen LogP) is 4.51. The molecular weight excluding hydrogens is 286 g/mol. The van der Waals surface area contributed by atoms with Crippen LogP contribution in [0, 0.1) is 0 Å². The number of hydrogen-bond donors (Lipinski definition) is 2. The number of aryl methyl sites for hydroxylation is 1. The molecule has 0 amide bonds. The Kier molecular flexibility index (Phi) is 6.36. The molecule has 0 saturated carbocycles. The molecule has 0 heterocycles. The van der Waals surface area contributed by atoms with Crippen LogP contribution in [0.15, 0.2) is 54.6 Å². The van der Waals surface area contributed by atoms with Gasteiger partial charge in [-0.3, -0.25) is 4.79 Å². The van der Waals surface area contributed by atoms with E-state index in [1.165, 1.54) is 11.1 Å². The minimum Gasteiger partial charge on any atom is -0.481 e. The van der Waals surface area contributed by atoms with Gasteiger partial charge in [-0.2, -0.15) is 0 Å². The van der Waals surface area contributed by atoms with E-state index >= 15 is 0 Å². The third kappa shape index (κ3) is 4.93. The highest BCUT2D eigenvalue weighted by Crippen LogP contribution is 2.25. The summed E-state index contributed by atoms with van der Waals surface area (Å²) in [5.74, 6) is -0.751. The summed E-state index contributed by atoms with van der Waals surface area (Å²) in [6.45, 7) is 4.32. The van der Waals surface area contributed by atoms with Gasteiger partial charge in [0.1, 0.15) is 0 Å². The number of aliphatic carboxylic acids is 1. The van der Waals surface area contributed by atoms with Crippen LogP contribution in [0.25, 0.3) is 0 Å². The van der Waals surface area contributed by atoms with Gasteiger partial charge in [0.15, 0.2) is 0 Å². The van der Waals surface area contributed by atoms with Gasteiger partial charge in [-0.15, -0.1) is 0 Å². The van der Waals surface area contributed by atoms with Crippen molar-refractivity contribution < 1.29 is 9.90 Å². The topological polar surface area (TPSA) is 49.3 Å². The Labute approximate surface area is 138 Å². The van der Waals surface area contributed by atoms with Gasteiger partial charge in [-0.25, -0.2) is 0 Å². The monoisotopic (exact) mass is 311 g/mol. The molecule has 2 atom stereocenters. The quantitative estimate of drug-likeness (QED) is 0.754. The Bertz CT molecular complexity index is 625. The lowest BCUT2D eigenvalue weighted by Crippen LogP contribution is -2.25. The van der Waals surface area contributed by atoms with Gasteiger partial charge in [0.2, 0.25) is 0 Å². The van der Waals surface area contributed by atoms with E-state index in [0.717, 1.165) is 12.0 Å². The van der Waals surface area contributed by atoms with Crippen molar-refractivity contribution in [3.63, 3.8) is 0 Å². The summed E-state index contributed by atoms with van der Waals surface area (Å²) in [7, 11) is 0. The number of carbonyl (C=O) groups is 1. The number of nitrogens with one attached hydrogen (secondary N) is 1. The van der Waals surface area contributed by atoms with Gasteiger partial charge >= 0.3 is 5.97 Å². The molecule has 2 unspecified atom stereocenters. The summed E-state index contributed by atoms with van der Waals surface area (Å²) < 4.78 is 0. The van der Waals surface area contributed by atoms with Gasteiger partial charge in [0.25, 0.3) is 0 Å². The summed E-state index contributed by atoms with van der Waals surface area (Å²) >= 11 is 0. The van der Waals surface area contributed by atoms with E-state index in [0.29, 0.717) is 6.42 Å². The first-order valence-electron chi connectivity index (χ1n) is 8.22. The molecule has 0 aliphatic carbocycles. The first-order chi connectivity index (χ1) is 11.1. The van der Waals surface area contributed by atoms with Crippen LogP contribution >= 0.6 is 0 Å². The maximum atomic E-state index is 10.9. The fraction of sp³-hybridized carbons (Fsp3) is 0.350. The summed E-state index contributed by atoms with van der Waals surface area (Å²) in [6, 6.07) is 19.0. The number of rotatable bonds is 8. The number of hydrogen-bond acceptors (Lipinski definition) is 2. The molecule has 3 nitrogen and oxygen atoms in total. The van der Waals surface area contributed by atoms with Crippen LogP contribution in [0.1, 0.15) is 55.5 Å². The van der Waals surface area contributed by atoms with Crippen LogP contribution in [-0.4, -0.2) is 11.1 Å². The Hall–Kier alpha value is -2.13. The van der Waals surface area contributed by atoms with Crippen molar-refractivity contribution in [1.82, 2.24) is 5.32 Å². The van der Waals surface area contributed by atoms with Gasteiger partial charge in [-0.1, -0.05) is 61.5 Å². The van der Waals surface area contributed by atoms with Crippen LogP contribution < -0.4 is 5.32 Å². The van der Waals surface area contributed by atoms with Crippen LogP contribution in [0.3, 0.4) is 0 Å². The minimum absolute atomic E-state index is 0.168. The first kappa shape index (κ1) is 17.2. The van der Waals surface area contributed by atoms with Crippen molar-refractivity contribution in [1.29, 1.82) is 0 Å². The molecule has 3 heteroatoms. The maximum Gasteiger partial charge on any atom is 0.303 e. The molecule has 2 aromatic carbocycles. The molecule has 2 rings (SSSR count). The second kappa shape index (κ2) is 8.49. The van der Waals surface area contributed by atoms with Gasteiger partial charge in [0, 0.05) is 18.5 Å². The second-order valence-electron chi connectivity index (χ2n) is 5.85. The van der Waals surface area contributed by atoms with E-state index in [4.69, 9.17) is 5.11 Å². The fourth-order valence-corrected chi connectivity index (χ4v) is 2.91. The molecule has 0 bridgehead atoms. The largest absolute Gasteiger partial charge is 0.481 e. The fourth-order valence-electron chi connectivity index (χ4n) is 2.91. The standard InChI is InChI=1S/C20H25NO2/c1-3-19(21-15(2)16-9-5-4-6-10-16)18-12-8-7-11-17(18)13-14-20(22)23/h4-12,15,19,21H,3,13-14H2,1-2H3,(H,22,23). The van der Waals surface area contributed by atoms with E-state index in [1.807, 2.05) is 24.3 Å². The third-order valence-corrected chi connectivity index (χ3v) is 4.20. The average Bonchev–Trinajstić information content (AvgIpc) is 2.58. The van der Waals surface area contributed by atoms with Crippen molar-refractivity contribution in [2.45, 2.75) is 45.2 Å². The van der Waals surface area contributed by atoms with E-state index < -0.39 is 5.97 Å². The van der Waals surface area contributed by atoms with E-state index in [1.54, 1.807) is 0 Å². The van der Waals surface area contributed by atoms with Crippen LogP contribution in [0.5, 0.6) is 0 Å². The first-order valence-corrected chi connectivity index (χ1v) is 8.22. The van der Waals surface area contributed by atoms with Crippen molar-refractivity contribution in [3.05, 3.63) is 71.3 Å². The van der Waals surface area contributed by atoms with E-state index in [9.17, 15) is 4.79 Å². The molecule has 2 aromatic rings. The van der Waals surface area contributed by atoms with Gasteiger partial charge in [-0.05, 0) is 36.5 Å². The van der Waals surface area contributed by atoms with E-state index in [-0.39, 0.29) is 18.5 Å². The zero-order chi connectivity index (χ0) is 16.7. The maximum absolute atomic E-state index is 10.9. The summed E-state index contributed by atoms with van der Waals surface area (Å²) in [4.78, 5) is 10.9. The molecule has 0 aromatic heterocycles. The lowest BCUT2D eigenvalue weighted by molar-refractivity contribution is -0.136. The molecule has 2 N–H and O–H groups in total. The number of benzene rings is 2. The molecule has 0 fully saturated rings. The normalized spacial score (nSPS) is 13.5. The van der Waals surface area contributed by atoms with Gasteiger partial charge < -0.3 is 10.4 Å². The van der Waals surface area contributed by atoms with Crippen LogP contribution in [0.4, 0.5) is 0 Å². The number of carboxylic acid groups (broad SMARTS) is 1. The average molecular weight is 311 g/mol. The Balaban J connectivity index is 2.15. The zero-order valence-electron chi connectivity index (χ0n) is 13.8. The molecule has 0 aliphatic heterocycles. The number of carboxylic acids is 1. The molecule has 122 valence electrons. The minimum atomic E-state index is -0.751. The van der Waals surface area contributed by atoms with Crippen molar-refractivity contribution >= 4 is 5.97 Å². The van der Waals surface area contributed by atoms with E-state index in [2.05, 4.69) is 49.5 Å². The van der Waals surface area contributed by atoms with Crippen molar-refractivity contribution in [2.75, 3.05) is 0 Å². The Morgan fingerprint density at radius 3 is 2.39 bits per heavy atom. The molecule has 0 radical (unpaired) electrons. The molecular formula is C20H25NO2.